The number of guanidine groups is 1. The highest BCUT2D eigenvalue weighted by molar-refractivity contribution is 5.89. The van der Waals surface area contributed by atoms with Crippen molar-refractivity contribution in [1.82, 2.24) is 0 Å². The average Bonchev–Trinajstić information content (AvgIpc) is 2.18. The molecule has 0 spiro atoms. The summed E-state index contributed by atoms with van der Waals surface area (Å²) in [5.41, 5.74) is 10.6. The van der Waals surface area contributed by atoms with Crippen molar-refractivity contribution in [1.29, 1.82) is 0 Å². The minimum Gasteiger partial charge on any atom is -0.439 e. The van der Waals surface area contributed by atoms with Crippen LogP contribution in [0.25, 0.3) is 0 Å². The van der Waals surface area contributed by atoms with E-state index in [9.17, 15) is 4.79 Å². The minimum atomic E-state index is -0.449. The molecule has 0 saturated heterocycles. The Labute approximate surface area is 93.5 Å². The van der Waals surface area contributed by atoms with Crippen LogP contribution in [0.2, 0.25) is 0 Å². The number of carbonyl (C=O) groups excluding carboxylic acids is 1. The highest BCUT2D eigenvalue weighted by Crippen LogP contribution is 2.00. The molecule has 0 atom stereocenters. The van der Waals surface area contributed by atoms with Gasteiger partial charge in [-0.15, -0.1) is 12.4 Å². The molecular weight excluding hydrogens is 218 g/mol. The van der Waals surface area contributed by atoms with E-state index in [1.54, 1.807) is 24.3 Å². The molecular formula is C9H12ClN3O2. The van der Waals surface area contributed by atoms with Crippen molar-refractivity contribution in [2.24, 2.45) is 16.5 Å². The van der Waals surface area contributed by atoms with Gasteiger partial charge in [0.2, 0.25) is 0 Å². The maximum atomic E-state index is 11.3. The van der Waals surface area contributed by atoms with Crippen molar-refractivity contribution in [3.8, 4) is 0 Å². The van der Waals surface area contributed by atoms with E-state index in [4.69, 9.17) is 16.2 Å². The highest BCUT2D eigenvalue weighted by atomic mass is 35.5. The van der Waals surface area contributed by atoms with E-state index in [1.807, 2.05) is 6.07 Å². The van der Waals surface area contributed by atoms with Crippen molar-refractivity contribution in [2.75, 3.05) is 6.73 Å². The number of halogens is 1. The zero-order chi connectivity index (χ0) is 10.4. The summed E-state index contributed by atoms with van der Waals surface area (Å²) in [7, 11) is 0. The predicted molar refractivity (Wildman–Crippen MR) is 59.8 cm³/mol. The molecule has 0 heterocycles. The number of esters is 1. The molecule has 15 heavy (non-hydrogen) atoms. The van der Waals surface area contributed by atoms with Crippen molar-refractivity contribution < 1.29 is 9.53 Å². The summed E-state index contributed by atoms with van der Waals surface area (Å²) in [5.74, 6) is -0.554. The average molecular weight is 230 g/mol. The van der Waals surface area contributed by atoms with Gasteiger partial charge in [-0.05, 0) is 12.1 Å². The monoisotopic (exact) mass is 229 g/mol. The van der Waals surface area contributed by atoms with Gasteiger partial charge in [0.25, 0.3) is 0 Å². The lowest BCUT2D eigenvalue weighted by molar-refractivity contribution is 0.0517. The first-order valence-corrected chi connectivity index (χ1v) is 3.97. The van der Waals surface area contributed by atoms with E-state index in [0.29, 0.717) is 5.56 Å². The van der Waals surface area contributed by atoms with Crippen molar-refractivity contribution in [2.45, 2.75) is 0 Å². The van der Waals surface area contributed by atoms with Crippen LogP contribution in [0.3, 0.4) is 0 Å². The van der Waals surface area contributed by atoms with Gasteiger partial charge in [-0.2, -0.15) is 0 Å². The Morgan fingerprint density at radius 2 is 1.87 bits per heavy atom. The van der Waals surface area contributed by atoms with Gasteiger partial charge in [-0.25, -0.2) is 9.79 Å². The second kappa shape index (κ2) is 6.67. The number of ether oxygens (including phenoxy) is 1. The number of rotatable bonds is 3. The highest BCUT2D eigenvalue weighted by Gasteiger charge is 2.03. The van der Waals surface area contributed by atoms with Gasteiger partial charge in [0.05, 0.1) is 5.56 Å². The van der Waals surface area contributed by atoms with E-state index in [2.05, 4.69) is 4.99 Å². The third-order valence-electron chi connectivity index (χ3n) is 1.45. The Bertz CT molecular complexity index is 336. The first-order valence-electron chi connectivity index (χ1n) is 3.97. The van der Waals surface area contributed by atoms with E-state index in [-0.39, 0.29) is 25.1 Å². The molecule has 0 bridgehead atoms. The Hall–Kier alpha value is -1.75. The van der Waals surface area contributed by atoms with Crippen LogP contribution >= 0.6 is 12.4 Å². The van der Waals surface area contributed by atoms with Crippen LogP contribution in [-0.2, 0) is 4.74 Å². The van der Waals surface area contributed by atoms with Gasteiger partial charge in [0.15, 0.2) is 12.7 Å². The maximum absolute atomic E-state index is 11.3. The third-order valence-corrected chi connectivity index (χ3v) is 1.45. The Balaban J connectivity index is 0.00000196. The van der Waals surface area contributed by atoms with E-state index < -0.39 is 5.97 Å². The topological polar surface area (TPSA) is 90.7 Å². The summed E-state index contributed by atoms with van der Waals surface area (Å²) in [5, 5.41) is 0. The molecule has 1 aromatic carbocycles. The SMILES string of the molecule is Cl.NC(N)=NCOC(=O)c1ccccc1. The smallest absolute Gasteiger partial charge is 0.339 e. The Kier molecular flexibility index (Phi) is 5.89. The van der Waals surface area contributed by atoms with Crippen molar-refractivity contribution in [3.05, 3.63) is 35.9 Å². The summed E-state index contributed by atoms with van der Waals surface area (Å²) >= 11 is 0. The lowest BCUT2D eigenvalue weighted by Gasteiger charge is -2.00. The lowest BCUT2D eigenvalue weighted by Crippen LogP contribution is -2.23. The second-order valence-electron chi connectivity index (χ2n) is 2.51. The van der Waals surface area contributed by atoms with Crippen molar-refractivity contribution in [3.63, 3.8) is 0 Å². The van der Waals surface area contributed by atoms with Gasteiger partial charge in [-0.1, -0.05) is 18.2 Å². The largest absolute Gasteiger partial charge is 0.439 e. The van der Waals surface area contributed by atoms with Crippen LogP contribution in [0, 0.1) is 0 Å². The number of benzene rings is 1. The Morgan fingerprint density at radius 3 is 2.40 bits per heavy atom. The predicted octanol–water partition coefficient (Wildman–Crippen LogP) is 0.496. The number of nitrogens with two attached hydrogens (primary N) is 2. The van der Waals surface area contributed by atoms with Crippen LogP contribution < -0.4 is 11.5 Å². The van der Waals surface area contributed by atoms with Crippen LogP contribution in [-0.4, -0.2) is 18.7 Å². The molecule has 1 rings (SSSR count). The molecule has 0 aromatic heterocycles. The number of hydrogen-bond acceptors (Lipinski definition) is 3. The van der Waals surface area contributed by atoms with Crippen LogP contribution in [0.15, 0.2) is 35.3 Å². The van der Waals surface area contributed by atoms with E-state index in [1.165, 1.54) is 0 Å². The van der Waals surface area contributed by atoms with Gasteiger partial charge in [-0.3, -0.25) is 0 Å². The second-order valence-corrected chi connectivity index (χ2v) is 2.51. The summed E-state index contributed by atoms with van der Waals surface area (Å²) < 4.78 is 4.75. The Morgan fingerprint density at radius 1 is 1.27 bits per heavy atom. The molecule has 0 aliphatic heterocycles. The molecule has 0 radical (unpaired) electrons. The number of hydrogen-bond donors (Lipinski definition) is 2. The summed E-state index contributed by atoms with van der Waals surface area (Å²) in [6.45, 7) is -0.157. The van der Waals surface area contributed by atoms with Crippen LogP contribution in [0.5, 0.6) is 0 Å². The van der Waals surface area contributed by atoms with Gasteiger partial charge in [0, 0.05) is 0 Å². The number of nitrogens with zero attached hydrogens (tertiary/aromatic N) is 1. The fourth-order valence-electron chi connectivity index (χ4n) is 0.823. The van der Waals surface area contributed by atoms with Crippen molar-refractivity contribution >= 4 is 24.3 Å². The molecule has 0 unspecified atom stereocenters. The summed E-state index contributed by atoms with van der Waals surface area (Å²) in [4.78, 5) is 14.8. The maximum Gasteiger partial charge on any atom is 0.339 e. The fourth-order valence-corrected chi connectivity index (χ4v) is 0.823. The molecule has 0 amide bonds. The van der Waals surface area contributed by atoms with Crippen LogP contribution in [0.4, 0.5) is 0 Å². The number of carbonyl (C=O) groups is 1. The summed E-state index contributed by atoms with van der Waals surface area (Å²) in [6, 6.07) is 8.61. The molecule has 1 aromatic rings. The lowest BCUT2D eigenvalue weighted by atomic mass is 10.2. The molecule has 0 saturated carbocycles. The molecule has 0 aliphatic carbocycles. The van der Waals surface area contributed by atoms with E-state index >= 15 is 0 Å². The molecule has 4 N–H and O–H groups in total. The first kappa shape index (κ1) is 13.2. The molecule has 5 nitrogen and oxygen atoms in total. The normalized spacial score (nSPS) is 8.53. The summed E-state index contributed by atoms with van der Waals surface area (Å²) in [6.07, 6.45) is 0. The molecule has 0 fully saturated rings. The third kappa shape index (κ3) is 4.87. The molecule has 0 aliphatic rings. The first-order chi connectivity index (χ1) is 6.70. The van der Waals surface area contributed by atoms with E-state index in [0.717, 1.165) is 0 Å². The zero-order valence-electron chi connectivity index (χ0n) is 7.92. The zero-order valence-corrected chi connectivity index (χ0v) is 8.74. The van der Waals surface area contributed by atoms with Gasteiger partial charge >= 0.3 is 5.97 Å². The standard InChI is InChI=1S/C9H11N3O2.ClH/c10-9(11)12-6-14-8(13)7-4-2-1-3-5-7;/h1-5H,6H2,(H4,10,11,12);1H. The minimum absolute atomic E-state index is 0. The van der Waals surface area contributed by atoms with Crippen LogP contribution in [0.1, 0.15) is 10.4 Å². The fraction of sp³-hybridized carbons (Fsp3) is 0.111. The van der Waals surface area contributed by atoms with Gasteiger partial charge < -0.3 is 16.2 Å². The number of aliphatic imine (C=N–C) groups is 1. The van der Waals surface area contributed by atoms with Gasteiger partial charge in [0.1, 0.15) is 0 Å². The molecule has 6 heteroatoms. The molecule has 82 valence electrons. The quantitative estimate of drug-likeness (QED) is 0.449.